The van der Waals surface area contributed by atoms with Gasteiger partial charge in [0.05, 0.1) is 12.5 Å². The van der Waals surface area contributed by atoms with E-state index >= 15 is 0 Å². The lowest BCUT2D eigenvalue weighted by Gasteiger charge is -2.13. The van der Waals surface area contributed by atoms with E-state index in [0.29, 0.717) is 22.3 Å². The van der Waals surface area contributed by atoms with Crippen LogP contribution in [0.2, 0.25) is 0 Å². The topological polar surface area (TPSA) is 62.9 Å². The van der Waals surface area contributed by atoms with Crippen LogP contribution >= 0.6 is 0 Å². The number of methoxy groups -OCH3 is 1. The average molecular weight is 311 g/mol. The summed E-state index contributed by atoms with van der Waals surface area (Å²) in [5.74, 6) is 0.349. The van der Waals surface area contributed by atoms with Gasteiger partial charge in [-0.1, -0.05) is 0 Å². The Morgan fingerprint density at radius 1 is 1.09 bits per heavy atom. The fourth-order valence-electron chi connectivity index (χ4n) is 2.40. The quantitative estimate of drug-likeness (QED) is 0.804. The van der Waals surface area contributed by atoms with Gasteiger partial charge in [-0.05, 0) is 36.4 Å². The second-order valence-corrected chi connectivity index (χ2v) is 5.41. The van der Waals surface area contributed by atoms with E-state index in [4.69, 9.17) is 9.15 Å². The normalized spacial score (nSPS) is 10.7. The minimum Gasteiger partial charge on any atom is -0.502 e. The Morgan fingerprint density at radius 3 is 2.39 bits per heavy atom. The molecule has 5 nitrogen and oxygen atoms in total. The molecule has 0 saturated heterocycles. The third-order valence-electron chi connectivity index (χ3n) is 3.72. The highest BCUT2D eigenvalue weighted by Gasteiger charge is 2.15. The highest BCUT2D eigenvalue weighted by molar-refractivity contribution is 5.83. The molecule has 0 saturated carbocycles. The maximum Gasteiger partial charge on any atom is 0.235 e. The van der Waals surface area contributed by atoms with Crippen molar-refractivity contribution < 1.29 is 14.3 Å². The second kappa shape index (κ2) is 5.68. The number of rotatable bonds is 3. The molecule has 0 aliphatic heterocycles. The summed E-state index contributed by atoms with van der Waals surface area (Å²) < 4.78 is 10.9. The third kappa shape index (κ3) is 2.61. The van der Waals surface area contributed by atoms with Gasteiger partial charge in [-0.2, -0.15) is 0 Å². The SMILES string of the molecule is COc1ccc2c(=O)c(O)c(-c3ccc(N(C)C)cc3)oc2c1. The predicted octanol–water partition coefficient (Wildman–Crippen LogP) is 3.24. The molecule has 0 amide bonds. The minimum atomic E-state index is -0.458. The fraction of sp³-hybridized carbons (Fsp3) is 0.167. The van der Waals surface area contributed by atoms with E-state index in [2.05, 4.69) is 0 Å². The summed E-state index contributed by atoms with van der Waals surface area (Å²) in [6, 6.07) is 12.3. The number of aromatic hydroxyl groups is 1. The van der Waals surface area contributed by atoms with E-state index < -0.39 is 5.43 Å². The first-order valence-electron chi connectivity index (χ1n) is 7.13. The zero-order valence-electron chi connectivity index (χ0n) is 13.2. The maximum absolute atomic E-state index is 12.3. The van der Waals surface area contributed by atoms with E-state index in [1.54, 1.807) is 37.4 Å². The van der Waals surface area contributed by atoms with Crippen LogP contribution in [0.5, 0.6) is 11.5 Å². The zero-order chi connectivity index (χ0) is 16.6. The third-order valence-corrected chi connectivity index (χ3v) is 3.72. The number of ether oxygens (including phenoxy) is 1. The van der Waals surface area contributed by atoms with Gasteiger partial charge in [-0.3, -0.25) is 4.79 Å². The van der Waals surface area contributed by atoms with Crippen molar-refractivity contribution in [3.8, 4) is 22.8 Å². The second-order valence-electron chi connectivity index (χ2n) is 5.41. The smallest absolute Gasteiger partial charge is 0.235 e. The Morgan fingerprint density at radius 2 is 1.78 bits per heavy atom. The van der Waals surface area contributed by atoms with Crippen molar-refractivity contribution in [1.82, 2.24) is 0 Å². The molecule has 3 rings (SSSR count). The van der Waals surface area contributed by atoms with Gasteiger partial charge in [0.15, 0.2) is 5.76 Å². The molecule has 0 bridgehead atoms. The molecule has 1 N–H and O–H groups in total. The van der Waals surface area contributed by atoms with E-state index in [0.717, 1.165) is 5.69 Å². The van der Waals surface area contributed by atoms with Gasteiger partial charge in [0.1, 0.15) is 11.3 Å². The van der Waals surface area contributed by atoms with Crippen molar-refractivity contribution in [1.29, 1.82) is 0 Å². The summed E-state index contributed by atoms with van der Waals surface area (Å²) in [5, 5.41) is 10.5. The summed E-state index contributed by atoms with van der Waals surface area (Å²) >= 11 is 0. The molecule has 0 fully saturated rings. The summed E-state index contributed by atoms with van der Waals surface area (Å²) in [6.07, 6.45) is 0. The van der Waals surface area contributed by atoms with Crippen LogP contribution in [0.15, 0.2) is 51.7 Å². The largest absolute Gasteiger partial charge is 0.502 e. The molecule has 1 heterocycles. The summed E-state index contributed by atoms with van der Waals surface area (Å²) in [6.45, 7) is 0. The van der Waals surface area contributed by atoms with Crippen LogP contribution in [-0.4, -0.2) is 26.3 Å². The van der Waals surface area contributed by atoms with Gasteiger partial charge in [0, 0.05) is 31.4 Å². The first-order chi connectivity index (χ1) is 11.0. The van der Waals surface area contributed by atoms with E-state index in [9.17, 15) is 9.90 Å². The average Bonchev–Trinajstić information content (AvgIpc) is 2.57. The van der Waals surface area contributed by atoms with Crippen LogP contribution in [0.4, 0.5) is 5.69 Å². The highest BCUT2D eigenvalue weighted by Crippen LogP contribution is 2.32. The first-order valence-corrected chi connectivity index (χ1v) is 7.13. The first kappa shape index (κ1) is 15.0. The van der Waals surface area contributed by atoms with Crippen LogP contribution in [0.25, 0.3) is 22.3 Å². The van der Waals surface area contributed by atoms with Gasteiger partial charge in [0.2, 0.25) is 11.2 Å². The lowest BCUT2D eigenvalue weighted by molar-refractivity contribution is 0.413. The van der Waals surface area contributed by atoms with E-state index in [-0.39, 0.29) is 11.5 Å². The molecule has 118 valence electrons. The Kier molecular flexibility index (Phi) is 3.70. The van der Waals surface area contributed by atoms with Crippen molar-refractivity contribution in [2.24, 2.45) is 0 Å². The van der Waals surface area contributed by atoms with Crippen LogP contribution in [0, 0.1) is 0 Å². The predicted molar refractivity (Wildman–Crippen MR) is 90.5 cm³/mol. The molecule has 0 aliphatic rings. The van der Waals surface area contributed by atoms with Gasteiger partial charge < -0.3 is 19.2 Å². The molecule has 2 aromatic carbocycles. The van der Waals surface area contributed by atoms with E-state index in [1.165, 1.54) is 0 Å². The van der Waals surface area contributed by atoms with Crippen molar-refractivity contribution in [2.45, 2.75) is 0 Å². The molecule has 0 aliphatic carbocycles. The molecule has 3 aromatic rings. The minimum absolute atomic E-state index is 0.154. The number of nitrogens with zero attached hydrogens (tertiary/aromatic N) is 1. The van der Waals surface area contributed by atoms with Crippen molar-refractivity contribution in [2.75, 3.05) is 26.1 Å². The molecular formula is C18H17NO4. The molecule has 0 spiro atoms. The Labute approximate surface area is 133 Å². The van der Waals surface area contributed by atoms with Crippen molar-refractivity contribution in [3.63, 3.8) is 0 Å². The van der Waals surface area contributed by atoms with Crippen molar-refractivity contribution >= 4 is 16.7 Å². The monoisotopic (exact) mass is 311 g/mol. The molecule has 0 radical (unpaired) electrons. The van der Waals surface area contributed by atoms with E-state index in [1.807, 2.05) is 31.1 Å². The zero-order valence-corrected chi connectivity index (χ0v) is 13.2. The van der Waals surface area contributed by atoms with Gasteiger partial charge in [-0.15, -0.1) is 0 Å². The lowest BCUT2D eigenvalue weighted by atomic mass is 10.1. The van der Waals surface area contributed by atoms with Crippen molar-refractivity contribution in [3.05, 3.63) is 52.7 Å². The number of anilines is 1. The summed E-state index contributed by atoms with van der Waals surface area (Å²) in [7, 11) is 5.42. The maximum atomic E-state index is 12.3. The van der Waals surface area contributed by atoms with Crippen LogP contribution in [0.3, 0.4) is 0 Å². The lowest BCUT2D eigenvalue weighted by Crippen LogP contribution is -2.08. The summed E-state index contributed by atoms with van der Waals surface area (Å²) in [5.41, 5.74) is 1.56. The number of benzene rings is 2. The Hall–Kier alpha value is -2.95. The van der Waals surface area contributed by atoms with Crippen LogP contribution < -0.4 is 15.1 Å². The number of hydrogen-bond donors (Lipinski definition) is 1. The standard InChI is InChI=1S/C18H17NO4/c1-19(2)12-6-4-11(5-7-12)18-17(21)16(20)14-9-8-13(22-3)10-15(14)23-18/h4-10,21H,1-3H3. The molecule has 0 atom stereocenters. The molecule has 1 aromatic heterocycles. The summed E-state index contributed by atoms with van der Waals surface area (Å²) in [4.78, 5) is 14.3. The van der Waals surface area contributed by atoms with Crippen LogP contribution in [0.1, 0.15) is 0 Å². The molecule has 5 heteroatoms. The highest BCUT2D eigenvalue weighted by atomic mass is 16.5. The molecule has 0 unspecified atom stereocenters. The Bertz CT molecular complexity index is 911. The fourth-order valence-corrected chi connectivity index (χ4v) is 2.40. The van der Waals surface area contributed by atoms with Crippen LogP contribution in [-0.2, 0) is 0 Å². The molecular weight excluding hydrogens is 294 g/mol. The van der Waals surface area contributed by atoms with Gasteiger partial charge in [-0.25, -0.2) is 0 Å². The number of fused-ring (bicyclic) bond motifs is 1. The Balaban J connectivity index is 2.20. The van der Waals surface area contributed by atoms with Gasteiger partial charge >= 0.3 is 0 Å². The molecule has 23 heavy (non-hydrogen) atoms. The number of hydrogen-bond acceptors (Lipinski definition) is 5. The van der Waals surface area contributed by atoms with Gasteiger partial charge in [0.25, 0.3) is 0 Å².